The van der Waals surface area contributed by atoms with E-state index >= 15 is 0 Å². The van der Waals surface area contributed by atoms with E-state index in [-0.39, 0.29) is 6.03 Å². The fourth-order valence-corrected chi connectivity index (χ4v) is 4.07. The van der Waals surface area contributed by atoms with E-state index in [1.54, 1.807) is 23.6 Å². The molecule has 0 aliphatic carbocycles. The van der Waals surface area contributed by atoms with E-state index in [4.69, 9.17) is 17.3 Å². The molecule has 2 heterocycles. The maximum absolute atomic E-state index is 12.2. The summed E-state index contributed by atoms with van der Waals surface area (Å²) in [5.41, 5.74) is 10.4. The summed E-state index contributed by atoms with van der Waals surface area (Å²) in [6, 6.07) is 14.6. The fourth-order valence-electron chi connectivity index (χ4n) is 2.92. The molecular formula is C21H17ClN4OS. The Labute approximate surface area is 171 Å². The van der Waals surface area contributed by atoms with Crippen LogP contribution >= 0.6 is 22.9 Å². The average molecular weight is 409 g/mol. The number of hydrogen-bond donors (Lipinski definition) is 3. The van der Waals surface area contributed by atoms with Crippen LogP contribution in [0.5, 0.6) is 0 Å². The number of aromatic nitrogens is 1. The van der Waals surface area contributed by atoms with Gasteiger partial charge in [0, 0.05) is 38.2 Å². The van der Waals surface area contributed by atoms with Crippen molar-refractivity contribution in [1.29, 1.82) is 0 Å². The molecule has 0 saturated carbocycles. The van der Waals surface area contributed by atoms with Crippen molar-refractivity contribution in [2.75, 3.05) is 16.4 Å². The van der Waals surface area contributed by atoms with Gasteiger partial charge >= 0.3 is 6.03 Å². The number of aryl methyl sites for hydroxylation is 1. The fraction of sp³-hybridized carbons (Fsp3) is 0.0476. The number of nitrogens with zero attached hydrogens (tertiary/aromatic N) is 1. The van der Waals surface area contributed by atoms with Crippen molar-refractivity contribution in [3.05, 3.63) is 70.7 Å². The molecule has 2 aromatic heterocycles. The summed E-state index contributed by atoms with van der Waals surface area (Å²) in [5.74, 6) is 0.520. The Morgan fingerprint density at radius 1 is 1.07 bits per heavy atom. The number of urea groups is 1. The quantitative estimate of drug-likeness (QED) is 0.380. The average Bonchev–Trinajstić information content (AvgIpc) is 3.11. The van der Waals surface area contributed by atoms with Gasteiger partial charge in [0.1, 0.15) is 5.82 Å². The third-order valence-corrected chi connectivity index (χ3v) is 5.75. The van der Waals surface area contributed by atoms with Gasteiger partial charge in [-0.2, -0.15) is 0 Å². The molecule has 4 rings (SSSR count). The number of anilines is 3. The van der Waals surface area contributed by atoms with Crippen LogP contribution < -0.4 is 16.4 Å². The predicted molar refractivity (Wildman–Crippen MR) is 118 cm³/mol. The van der Waals surface area contributed by atoms with Crippen LogP contribution in [-0.2, 0) is 0 Å². The summed E-state index contributed by atoms with van der Waals surface area (Å²) < 4.78 is 1.10. The SMILES string of the molecule is Cc1ccc(NC(=O)Nc2ccc(-c3csc4ccnc(N)c34)cc2)cc1Cl. The highest BCUT2D eigenvalue weighted by Crippen LogP contribution is 2.36. The molecule has 0 spiro atoms. The molecule has 28 heavy (non-hydrogen) atoms. The number of hydrogen-bond acceptors (Lipinski definition) is 4. The minimum absolute atomic E-state index is 0.331. The Morgan fingerprint density at radius 2 is 1.79 bits per heavy atom. The van der Waals surface area contributed by atoms with E-state index in [9.17, 15) is 4.79 Å². The Balaban J connectivity index is 1.50. The Morgan fingerprint density at radius 3 is 2.54 bits per heavy atom. The second-order valence-corrected chi connectivity index (χ2v) is 7.66. The number of fused-ring (bicyclic) bond motifs is 1. The van der Waals surface area contributed by atoms with Gasteiger partial charge in [0.2, 0.25) is 0 Å². The van der Waals surface area contributed by atoms with E-state index in [0.29, 0.717) is 22.2 Å². The number of nitrogens with one attached hydrogen (secondary N) is 2. The number of pyridine rings is 1. The first-order chi connectivity index (χ1) is 13.5. The standard InChI is InChI=1S/C21H17ClN4OS/c1-12-2-5-15(10-17(12)22)26-21(27)25-14-6-3-13(4-7-14)16-11-28-18-8-9-24-20(23)19(16)18/h2-11H,1H3,(H2,23,24)(H2,25,26,27). The second kappa shape index (κ2) is 7.50. The lowest BCUT2D eigenvalue weighted by atomic mass is 10.1. The number of carbonyl (C=O) groups is 1. The highest BCUT2D eigenvalue weighted by atomic mass is 35.5. The molecule has 0 saturated heterocycles. The first-order valence-electron chi connectivity index (χ1n) is 8.57. The van der Waals surface area contributed by atoms with Gasteiger partial charge in [-0.05, 0) is 53.8 Å². The zero-order valence-electron chi connectivity index (χ0n) is 15.0. The number of nitrogen functional groups attached to an aromatic ring is 1. The van der Waals surface area contributed by atoms with Gasteiger partial charge in [-0.15, -0.1) is 11.3 Å². The van der Waals surface area contributed by atoms with Crippen LogP contribution in [0.1, 0.15) is 5.56 Å². The summed E-state index contributed by atoms with van der Waals surface area (Å²) >= 11 is 7.72. The topological polar surface area (TPSA) is 80.0 Å². The molecule has 0 fully saturated rings. The molecule has 0 unspecified atom stereocenters. The lowest BCUT2D eigenvalue weighted by Crippen LogP contribution is -2.19. The number of halogens is 1. The van der Waals surface area contributed by atoms with Crippen molar-refractivity contribution >= 4 is 56.2 Å². The number of rotatable bonds is 3. The second-order valence-electron chi connectivity index (χ2n) is 6.34. The predicted octanol–water partition coefficient (Wildman–Crippen LogP) is 6.15. The van der Waals surface area contributed by atoms with Crippen molar-refractivity contribution < 1.29 is 4.79 Å². The van der Waals surface area contributed by atoms with Crippen LogP contribution in [0.3, 0.4) is 0 Å². The Bertz CT molecular complexity index is 1170. The minimum Gasteiger partial charge on any atom is -0.383 e. The summed E-state index contributed by atoms with van der Waals surface area (Å²) in [6.07, 6.45) is 1.71. The molecular weight excluding hydrogens is 392 g/mol. The van der Waals surface area contributed by atoms with Crippen LogP contribution in [0.25, 0.3) is 21.2 Å². The van der Waals surface area contributed by atoms with E-state index in [1.165, 1.54) is 0 Å². The summed E-state index contributed by atoms with van der Waals surface area (Å²) in [4.78, 5) is 16.4. The van der Waals surface area contributed by atoms with Crippen LogP contribution in [0, 0.1) is 6.92 Å². The highest BCUT2D eigenvalue weighted by molar-refractivity contribution is 7.17. The molecule has 0 aliphatic rings. The van der Waals surface area contributed by atoms with Crippen LogP contribution in [-0.4, -0.2) is 11.0 Å². The first-order valence-corrected chi connectivity index (χ1v) is 9.83. The van der Waals surface area contributed by atoms with Crippen molar-refractivity contribution in [2.24, 2.45) is 0 Å². The van der Waals surface area contributed by atoms with E-state index in [2.05, 4.69) is 21.0 Å². The van der Waals surface area contributed by atoms with Crippen LogP contribution in [0.4, 0.5) is 22.0 Å². The molecule has 4 aromatic rings. The minimum atomic E-state index is -0.331. The van der Waals surface area contributed by atoms with Gasteiger partial charge in [0.15, 0.2) is 0 Å². The maximum Gasteiger partial charge on any atom is 0.323 e. The smallest absolute Gasteiger partial charge is 0.323 e. The highest BCUT2D eigenvalue weighted by Gasteiger charge is 2.10. The molecule has 0 radical (unpaired) electrons. The lowest BCUT2D eigenvalue weighted by molar-refractivity contribution is 0.262. The third-order valence-electron chi connectivity index (χ3n) is 4.40. The number of nitrogens with two attached hydrogens (primary N) is 1. The van der Waals surface area contributed by atoms with Crippen molar-refractivity contribution in [3.8, 4) is 11.1 Å². The zero-order chi connectivity index (χ0) is 19.7. The Kier molecular flexibility index (Phi) is 4.90. The van der Waals surface area contributed by atoms with Gasteiger partial charge in [0.25, 0.3) is 0 Å². The summed E-state index contributed by atoms with van der Waals surface area (Å²) in [7, 11) is 0. The Hall–Kier alpha value is -3.09. The molecule has 0 aliphatic heterocycles. The number of amides is 2. The number of carbonyl (C=O) groups excluding carboxylic acids is 1. The van der Waals surface area contributed by atoms with Crippen LogP contribution in [0.2, 0.25) is 5.02 Å². The van der Waals surface area contributed by atoms with Gasteiger partial charge in [0.05, 0.1) is 0 Å². The van der Waals surface area contributed by atoms with Crippen molar-refractivity contribution in [1.82, 2.24) is 4.98 Å². The monoisotopic (exact) mass is 408 g/mol. The maximum atomic E-state index is 12.2. The van der Waals surface area contributed by atoms with Crippen molar-refractivity contribution in [2.45, 2.75) is 6.92 Å². The molecule has 0 bridgehead atoms. The molecule has 7 heteroatoms. The van der Waals surface area contributed by atoms with Crippen molar-refractivity contribution in [3.63, 3.8) is 0 Å². The van der Waals surface area contributed by atoms with Gasteiger partial charge in [-0.1, -0.05) is 29.8 Å². The normalized spacial score (nSPS) is 10.8. The van der Waals surface area contributed by atoms with Gasteiger partial charge < -0.3 is 16.4 Å². The molecule has 0 atom stereocenters. The van der Waals surface area contributed by atoms with Crippen LogP contribution in [0.15, 0.2) is 60.1 Å². The van der Waals surface area contributed by atoms with E-state index in [0.717, 1.165) is 26.8 Å². The van der Waals surface area contributed by atoms with E-state index < -0.39 is 0 Å². The van der Waals surface area contributed by atoms with Gasteiger partial charge in [-0.3, -0.25) is 0 Å². The summed E-state index contributed by atoms with van der Waals surface area (Å²) in [5, 5.41) is 9.23. The van der Waals surface area contributed by atoms with Gasteiger partial charge in [-0.25, -0.2) is 9.78 Å². The molecule has 2 aromatic carbocycles. The van der Waals surface area contributed by atoms with E-state index in [1.807, 2.05) is 49.4 Å². The number of thiophene rings is 1. The molecule has 2 amide bonds. The lowest BCUT2D eigenvalue weighted by Gasteiger charge is -2.09. The largest absolute Gasteiger partial charge is 0.383 e. The summed E-state index contributed by atoms with van der Waals surface area (Å²) in [6.45, 7) is 1.91. The molecule has 5 nitrogen and oxygen atoms in total. The first kappa shape index (κ1) is 18.3. The zero-order valence-corrected chi connectivity index (χ0v) is 16.6. The molecule has 140 valence electrons. The molecule has 4 N–H and O–H groups in total. The third kappa shape index (κ3) is 3.65. The number of benzene rings is 2.